The third kappa shape index (κ3) is 2.35. The number of hydrogen-bond acceptors (Lipinski definition) is 4. The van der Waals surface area contributed by atoms with Crippen LogP contribution in [0.15, 0.2) is 18.2 Å². The molecule has 0 bridgehead atoms. The molecule has 0 aliphatic carbocycles. The van der Waals surface area contributed by atoms with Gasteiger partial charge < -0.3 is 5.73 Å². The molecule has 0 aromatic heterocycles. The molecule has 1 aliphatic heterocycles. The van der Waals surface area contributed by atoms with Crippen molar-refractivity contribution in [3.8, 4) is 0 Å². The van der Waals surface area contributed by atoms with Gasteiger partial charge in [0.05, 0.1) is 11.4 Å². The number of nitrogens with one attached hydrogen (secondary N) is 1. The van der Waals surface area contributed by atoms with Crippen molar-refractivity contribution >= 4 is 23.2 Å². The van der Waals surface area contributed by atoms with Crippen molar-refractivity contribution in [1.82, 2.24) is 5.01 Å². The number of hydrogen-bond donors (Lipinski definition) is 2. The highest BCUT2D eigenvalue weighted by atomic mass is 19.1. The molecule has 0 unspecified atom stereocenters. The normalized spacial score (nSPS) is 16.2. The molecule has 3 N–H and O–H groups in total. The maximum absolute atomic E-state index is 12.9. The SMILES string of the molecule is Nc1cc(NN2C(=O)CCCC2=O)ccc1F. The first-order chi connectivity index (χ1) is 8.08. The summed E-state index contributed by atoms with van der Waals surface area (Å²) in [6.45, 7) is 0. The summed E-state index contributed by atoms with van der Waals surface area (Å²) in [6, 6.07) is 3.93. The van der Waals surface area contributed by atoms with Crippen molar-refractivity contribution in [3.63, 3.8) is 0 Å². The van der Waals surface area contributed by atoms with Gasteiger partial charge in [0.1, 0.15) is 5.82 Å². The van der Waals surface area contributed by atoms with Crippen LogP contribution in [0.4, 0.5) is 15.8 Å². The fraction of sp³-hybridized carbons (Fsp3) is 0.273. The van der Waals surface area contributed by atoms with Crippen LogP contribution in [0.5, 0.6) is 0 Å². The van der Waals surface area contributed by atoms with Crippen molar-refractivity contribution in [2.45, 2.75) is 19.3 Å². The van der Waals surface area contributed by atoms with Gasteiger partial charge in [0.2, 0.25) is 11.8 Å². The number of rotatable bonds is 2. The van der Waals surface area contributed by atoms with Crippen LogP contribution in [0.3, 0.4) is 0 Å². The Labute approximate surface area is 97.4 Å². The summed E-state index contributed by atoms with van der Waals surface area (Å²) in [4.78, 5) is 23.0. The number of nitrogens with zero attached hydrogens (tertiary/aromatic N) is 1. The maximum Gasteiger partial charge on any atom is 0.248 e. The zero-order chi connectivity index (χ0) is 12.4. The van der Waals surface area contributed by atoms with E-state index in [0.717, 1.165) is 5.01 Å². The Morgan fingerprint density at radius 3 is 2.47 bits per heavy atom. The highest BCUT2D eigenvalue weighted by Crippen LogP contribution is 2.19. The zero-order valence-corrected chi connectivity index (χ0v) is 9.07. The van der Waals surface area contributed by atoms with Crippen LogP contribution in [-0.4, -0.2) is 16.8 Å². The standard InChI is InChI=1S/C11H12FN3O2/c12-8-5-4-7(6-9(8)13)14-15-10(16)2-1-3-11(15)17/h4-6,14H,1-3,13H2. The molecule has 1 aliphatic rings. The Hall–Kier alpha value is -2.11. The number of nitrogens with two attached hydrogens (primary N) is 1. The number of carbonyl (C=O) groups excluding carboxylic acids is 2. The number of nitrogen functional groups attached to an aromatic ring is 1. The van der Waals surface area contributed by atoms with Crippen LogP contribution in [0.1, 0.15) is 19.3 Å². The molecule has 1 fully saturated rings. The smallest absolute Gasteiger partial charge is 0.248 e. The summed E-state index contributed by atoms with van der Waals surface area (Å²) in [5.41, 5.74) is 8.40. The largest absolute Gasteiger partial charge is 0.396 e. The van der Waals surface area contributed by atoms with Gasteiger partial charge >= 0.3 is 0 Å². The molecule has 0 radical (unpaired) electrons. The number of imide groups is 1. The summed E-state index contributed by atoms with van der Waals surface area (Å²) in [6.07, 6.45) is 1.23. The minimum atomic E-state index is -0.535. The van der Waals surface area contributed by atoms with Gasteiger partial charge in [0.15, 0.2) is 0 Å². The third-order valence-corrected chi connectivity index (χ3v) is 2.52. The number of halogens is 1. The van der Waals surface area contributed by atoms with Gasteiger partial charge in [-0.25, -0.2) is 4.39 Å². The van der Waals surface area contributed by atoms with Crippen LogP contribution in [0, 0.1) is 5.82 Å². The molecule has 1 aromatic carbocycles. The van der Waals surface area contributed by atoms with Crippen LogP contribution >= 0.6 is 0 Å². The van der Waals surface area contributed by atoms with Gasteiger partial charge in [0.25, 0.3) is 0 Å². The van der Waals surface area contributed by atoms with E-state index in [1.165, 1.54) is 18.2 Å². The Kier molecular flexibility index (Phi) is 2.95. The molecule has 0 atom stereocenters. The topological polar surface area (TPSA) is 75.4 Å². The van der Waals surface area contributed by atoms with Gasteiger partial charge in [-0.2, -0.15) is 5.01 Å². The monoisotopic (exact) mass is 237 g/mol. The van der Waals surface area contributed by atoms with E-state index in [-0.39, 0.29) is 17.5 Å². The van der Waals surface area contributed by atoms with Crippen molar-refractivity contribution in [2.24, 2.45) is 0 Å². The van der Waals surface area contributed by atoms with Crippen LogP contribution in [-0.2, 0) is 9.59 Å². The fourth-order valence-corrected chi connectivity index (χ4v) is 1.62. The van der Waals surface area contributed by atoms with Crippen molar-refractivity contribution in [1.29, 1.82) is 0 Å². The average molecular weight is 237 g/mol. The number of benzene rings is 1. The van der Waals surface area contributed by atoms with Gasteiger partial charge in [0, 0.05) is 12.8 Å². The van der Waals surface area contributed by atoms with Crippen LogP contribution < -0.4 is 11.2 Å². The lowest BCUT2D eigenvalue weighted by Gasteiger charge is -2.26. The minimum absolute atomic E-state index is 0.0353. The molecule has 1 heterocycles. The van der Waals surface area contributed by atoms with Gasteiger partial charge in [-0.3, -0.25) is 15.0 Å². The lowest BCUT2D eigenvalue weighted by molar-refractivity contribution is -0.146. The van der Waals surface area contributed by atoms with Gasteiger partial charge in [-0.05, 0) is 24.6 Å². The van der Waals surface area contributed by atoms with Crippen LogP contribution in [0.25, 0.3) is 0 Å². The second-order valence-corrected chi connectivity index (χ2v) is 3.82. The van der Waals surface area contributed by atoms with Crippen LogP contribution in [0.2, 0.25) is 0 Å². The highest BCUT2D eigenvalue weighted by Gasteiger charge is 2.26. The summed E-state index contributed by atoms with van der Waals surface area (Å²) >= 11 is 0. The van der Waals surface area contributed by atoms with E-state index in [0.29, 0.717) is 24.9 Å². The van der Waals surface area contributed by atoms with E-state index in [1.807, 2.05) is 0 Å². The quantitative estimate of drug-likeness (QED) is 0.600. The van der Waals surface area contributed by atoms with E-state index < -0.39 is 5.82 Å². The fourth-order valence-electron chi connectivity index (χ4n) is 1.62. The van der Waals surface area contributed by atoms with Gasteiger partial charge in [-0.1, -0.05) is 0 Å². The number of hydrazine groups is 1. The molecule has 5 nitrogen and oxygen atoms in total. The first kappa shape index (κ1) is 11.4. The summed E-state index contributed by atoms with van der Waals surface area (Å²) < 4.78 is 12.9. The molecule has 0 saturated carbocycles. The molecular formula is C11H12FN3O2. The van der Waals surface area contributed by atoms with E-state index in [9.17, 15) is 14.0 Å². The number of amides is 2. The van der Waals surface area contributed by atoms with Crippen molar-refractivity contribution < 1.29 is 14.0 Å². The molecular weight excluding hydrogens is 225 g/mol. The molecule has 6 heteroatoms. The lowest BCUT2D eigenvalue weighted by Crippen LogP contribution is -2.44. The van der Waals surface area contributed by atoms with E-state index in [2.05, 4.69) is 5.43 Å². The first-order valence-corrected chi connectivity index (χ1v) is 5.25. The Morgan fingerprint density at radius 1 is 1.24 bits per heavy atom. The predicted octanol–water partition coefficient (Wildman–Crippen LogP) is 1.27. The third-order valence-electron chi connectivity index (χ3n) is 2.52. The molecule has 0 spiro atoms. The maximum atomic E-state index is 12.9. The van der Waals surface area contributed by atoms with E-state index >= 15 is 0 Å². The lowest BCUT2D eigenvalue weighted by atomic mass is 10.1. The highest BCUT2D eigenvalue weighted by molar-refractivity contribution is 5.98. The van der Waals surface area contributed by atoms with E-state index in [1.54, 1.807) is 0 Å². The number of piperidine rings is 1. The Morgan fingerprint density at radius 2 is 1.88 bits per heavy atom. The summed E-state index contributed by atoms with van der Waals surface area (Å²) in [7, 11) is 0. The molecule has 90 valence electrons. The first-order valence-electron chi connectivity index (χ1n) is 5.25. The number of carbonyl (C=O) groups is 2. The summed E-state index contributed by atoms with van der Waals surface area (Å²) in [5, 5.41) is 0.955. The number of anilines is 2. The molecule has 1 saturated heterocycles. The molecule has 17 heavy (non-hydrogen) atoms. The van der Waals surface area contributed by atoms with Crippen molar-refractivity contribution in [3.05, 3.63) is 24.0 Å². The molecule has 1 aromatic rings. The predicted molar refractivity (Wildman–Crippen MR) is 60.1 cm³/mol. The summed E-state index contributed by atoms with van der Waals surface area (Å²) in [5.74, 6) is -1.11. The Bertz CT molecular complexity index is 460. The second-order valence-electron chi connectivity index (χ2n) is 3.82. The van der Waals surface area contributed by atoms with Crippen molar-refractivity contribution in [2.75, 3.05) is 11.2 Å². The zero-order valence-electron chi connectivity index (χ0n) is 9.07. The second kappa shape index (κ2) is 4.40. The van der Waals surface area contributed by atoms with Gasteiger partial charge in [-0.15, -0.1) is 0 Å². The molecule has 2 amide bonds. The van der Waals surface area contributed by atoms with E-state index in [4.69, 9.17) is 5.73 Å². The Balaban J connectivity index is 2.16. The minimum Gasteiger partial charge on any atom is -0.396 e. The molecule has 2 rings (SSSR count). The average Bonchev–Trinajstić information content (AvgIpc) is 2.28.